The molecule has 1 aromatic heterocycles. The number of carbonyl (C=O) groups is 1. The Bertz CT molecular complexity index is 554. The lowest BCUT2D eigenvalue weighted by molar-refractivity contribution is 0.0953. The van der Waals surface area contributed by atoms with Gasteiger partial charge in [0.25, 0.3) is 5.91 Å². The Kier molecular flexibility index (Phi) is 4.68. The first kappa shape index (κ1) is 13.7. The lowest BCUT2D eigenvalue weighted by Crippen LogP contribution is -2.24. The predicted molar refractivity (Wildman–Crippen MR) is 75.9 cm³/mol. The molecule has 100 valence electrons. The van der Waals surface area contributed by atoms with E-state index in [-0.39, 0.29) is 5.91 Å². The molecule has 0 aliphatic heterocycles. The maximum Gasteiger partial charge on any atom is 0.251 e. The number of carbonyl (C=O) groups excluding carboxylic acids is 1. The largest absolute Gasteiger partial charge is 0.352 e. The van der Waals surface area contributed by atoms with E-state index in [4.69, 9.17) is 0 Å². The minimum Gasteiger partial charge on any atom is -0.352 e. The van der Waals surface area contributed by atoms with E-state index in [1.807, 2.05) is 25.1 Å². The first-order valence-electron chi connectivity index (χ1n) is 6.05. The number of aromatic nitrogens is 3. The number of amides is 1. The van der Waals surface area contributed by atoms with Crippen LogP contribution in [0.3, 0.4) is 0 Å². The van der Waals surface area contributed by atoms with Gasteiger partial charge in [0, 0.05) is 23.0 Å². The molecule has 1 aromatic carbocycles. The summed E-state index contributed by atoms with van der Waals surface area (Å²) >= 11 is 3.42. The molecule has 2 aromatic rings. The fourth-order valence-corrected chi connectivity index (χ4v) is 1.94. The average Bonchev–Trinajstić information content (AvgIpc) is 2.91. The van der Waals surface area contributed by atoms with Gasteiger partial charge in [0.15, 0.2) is 0 Å². The molecule has 19 heavy (non-hydrogen) atoms. The highest BCUT2D eigenvalue weighted by molar-refractivity contribution is 9.10. The van der Waals surface area contributed by atoms with E-state index < -0.39 is 0 Å². The quantitative estimate of drug-likeness (QED) is 0.829. The van der Waals surface area contributed by atoms with Gasteiger partial charge in [-0.3, -0.25) is 9.89 Å². The Morgan fingerprint density at radius 2 is 2.32 bits per heavy atom. The highest BCUT2D eigenvalue weighted by Crippen LogP contribution is 2.16. The van der Waals surface area contributed by atoms with Crippen molar-refractivity contribution in [2.45, 2.75) is 19.8 Å². The zero-order chi connectivity index (χ0) is 13.7. The van der Waals surface area contributed by atoms with Gasteiger partial charge >= 0.3 is 0 Å². The zero-order valence-electron chi connectivity index (χ0n) is 10.6. The van der Waals surface area contributed by atoms with Crippen LogP contribution in [0.5, 0.6) is 0 Å². The highest BCUT2D eigenvalue weighted by atomic mass is 79.9. The molecule has 0 aliphatic rings. The number of halogens is 1. The van der Waals surface area contributed by atoms with Crippen molar-refractivity contribution in [3.05, 3.63) is 46.0 Å². The van der Waals surface area contributed by atoms with Gasteiger partial charge in [-0.25, -0.2) is 4.98 Å². The smallest absolute Gasteiger partial charge is 0.251 e. The van der Waals surface area contributed by atoms with Crippen molar-refractivity contribution in [3.8, 4) is 0 Å². The van der Waals surface area contributed by atoms with E-state index in [1.54, 1.807) is 0 Å². The normalized spacial score (nSPS) is 10.4. The van der Waals surface area contributed by atoms with Gasteiger partial charge in [0.1, 0.15) is 12.2 Å². The summed E-state index contributed by atoms with van der Waals surface area (Å²) in [6.07, 6.45) is 3.09. The van der Waals surface area contributed by atoms with Crippen LogP contribution in [0.15, 0.2) is 29.0 Å². The first-order chi connectivity index (χ1) is 9.16. The van der Waals surface area contributed by atoms with Crippen LogP contribution in [0.1, 0.15) is 28.2 Å². The molecule has 0 spiro atoms. The van der Waals surface area contributed by atoms with Crippen LogP contribution in [0.4, 0.5) is 0 Å². The summed E-state index contributed by atoms with van der Waals surface area (Å²) < 4.78 is 1.01. The van der Waals surface area contributed by atoms with Crippen LogP contribution in [0.2, 0.25) is 0 Å². The molecule has 1 amide bonds. The Balaban J connectivity index is 1.79. The molecule has 0 fully saturated rings. The Morgan fingerprint density at radius 3 is 3.00 bits per heavy atom. The molecule has 6 heteroatoms. The molecular formula is C13H15BrN4O. The summed E-state index contributed by atoms with van der Waals surface area (Å²) in [5.41, 5.74) is 1.73. The van der Waals surface area contributed by atoms with Crippen LogP contribution in [-0.4, -0.2) is 27.6 Å². The third kappa shape index (κ3) is 3.89. The van der Waals surface area contributed by atoms with Crippen molar-refractivity contribution < 1.29 is 4.79 Å². The molecule has 0 saturated carbocycles. The van der Waals surface area contributed by atoms with Gasteiger partial charge in [-0.05, 0) is 37.1 Å². The summed E-state index contributed by atoms with van der Waals surface area (Å²) in [6, 6.07) is 5.57. The third-order valence-corrected chi connectivity index (χ3v) is 3.65. The van der Waals surface area contributed by atoms with Gasteiger partial charge in [0.05, 0.1) is 0 Å². The predicted octanol–water partition coefficient (Wildman–Crippen LogP) is 2.24. The number of rotatable bonds is 5. The number of aryl methyl sites for hydroxylation is 2. The number of nitrogens with one attached hydrogen (secondary N) is 2. The highest BCUT2D eigenvalue weighted by Gasteiger charge is 2.06. The molecular weight excluding hydrogens is 308 g/mol. The van der Waals surface area contributed by atoms with Crippen molar-refractivity contribution in [2.24, 2.45) is 0 Å². The lowest BCUT2D eigenvalue weighted by Gasteiger charge is -2.06. The summed E-state index contributed by atoms with van der Waals surface area (Å²) in [7, 11) is 0. The molecule has 0 bridgehead atoms. The van der Waals surface area contributed by atoms with Crippen LogP contribution < -0.4 is 5.32 Å². The van der Waals surface area contributed by atoms with Crippen LogP contribution in [0, 0.1) is 6.92 Å². The van der Waals surface area contributed by atoms with Crippen molar-refractivity contribution >= 4 is 21.8 Å². The number of hydrogen-bond acceptors (Lipinski definition) is 3. The monoisotopic (exact) mass is 322 g/mol. The van der Waals surface area contributed by atoms with Gasteiger partial charge < -0.3 is 5.32 Å². The standard InChI is InChI=1S/C13H15BrN4O/c1-9-7-10(4-5-11(9)14)13(19)15-6-2-3-12-16-8-17-18-12/h4-5,7-8H,2-3,6H2,1H3,(H,15,19)(H,16,17,18). The molecule has 0 unspecified atom stereocenters. The summed E-state index contributed by atoms with van der Waals surface area (Å²) in [6.45, 7) is 2.58. The minimum absolute atomic E-state index is 0.0480. The van der Waals surface area contributed by atoms with E-state index in [9.17, 15) is 4.79 Å². The van der Waals surface area contributed by atoms with Crippen LogP contribution in [-0.2, 0) is 6.42 Å². The van der Waals surface area contributed by atoms with E-state index in [0.717, 1.165) is 28.7 Å². The fourth-order valence-electron chi connectivity index (χ4n) is 1.70. The lowest BCUT2D eigenvalue weighted by atomic mass is 10.1. The second-order valence-corrected chi connectivity index (χ2v) is 5.11. The van der Waals surface area contributed by atoms with Crippen molar-refractivity contribution in [1.29, 1.82) is 0 Å². The maximum atomic E-state index is 11.9. The Hall–Kier alpha value is -1.69. The molecule has 2 N–H and O–H groups in total. The van der Waals surface area contributed by atoms with Gasteiger partial charge in [-0.2, -0.15) is 5.10 Å². The Labute approximate surface area is 120 Å². The molecule has 0 radical (unpaired) electrons. The van der Waals surface area contributed by atoms with Gasteiger partial charge in [-0.15, -0.1) is 0 Å². The number of nitrogens with zero attached hydrogens (tertiary/aromatic N) is 2. The zero-order valence-corrected chi connectivity index (χ0v) is 12.2. The average molecular weight is 323 g/mol. The van der Waals surface area contributed by atoms with E-state index in [2.05, 4.69) is 36.4 Å². The molecule has 0 aliphatic carbocycles. The second kappa shape index (κ2) is 6.47. The molecule has 0 saturated heterocycles. The first-order valence-corrected chi connectivity index (χ1v) is 6.84. The summed E-state index contributed by atoms with van der Waals surface area (Å²) in [5.74, 6) is 0.793. The van der Waals surface area contributed by atoms with Crippen LogP contribution in [0.25, 0.3) is 0 Å². The third-order valence-electron chi connectivity index (χ3n) is 2.76. The number of H-pyrrole nitrogens is 1. The van der Waals surface area contributed by atoms with Crippen LogP contribution >= 0.6 is 15.9 Å². The van der Waals surface area contributed by atoms with Gasteiger partial charge in [-0.1, -0.05) is 15.9 Å². The number of benzene rings is 1. The Morgan fingerprint density at radius 1 is 1.47 bits per heavy atom. The number of hydrogen-bond donors (Lipinski definition) is 2. The van der Waals surface area contributed by atoms with E-state index >= 15 is 0 Å². The summed E-state index contributed by atoms with van der Waals surface area (Å²) in [5, 5.41) is 9.46. The fraction of sp³-hybridized carbons (Fsp3) is 0.308. The SMILES string of the molecule is Cc1cc(C(=O)NCCCc2ncn[nH]2)ccc1Br. The molecule has 0 atom stereocenters. The minimum atomic E-state index is -0.0480. The second-order valence-electron chi connectivity index (χ2n) is 4.26. The van der Waals surface area contributed by atoms with E-state index in [0.29, 0.717) is 12.1 Å². The van der Waals surface area contributed by atoms with Gasteiger partial charge in [0.2, 0.25) is 0 Å². The topological polar surface area (TPSA) is 70.7 Å². The van der Waals surface area contributed by atoms with Crippen molar-refractivity contribution in [3.63, 3.8) is 0 Å². The van der Waals surface area contributed by atoms with Crippen molar-refractivity contribution in [2.75, 3.05) is 6.54 Å². The molecule has 2 rings (SSSR count). The maximum absolute atomic E-state index is 11.9. The molecule has 1 heterocycles. The molecule has 5 nitrogen and oxygen atoms in total. The van der Waals surface area contributed by atoms with Crippen molar-refractivity contribution in [1.82, 2.24) is 20.5 Å². The van der Waals surface area contributed by atoms with E-state index in [1.165, 1.54) is 6.33 Å². The number of aromatic amines is 1. The summed E-state index contributed by atoms with van der Waals surface area (Å²) in [4.78, 5) is 15.9.